The summed E-state index contributed by atoms with van der Waals surface area (Å²) in [5.41, 5.74) is 2.89. The van der Waals surface area contributed by atoms with Gasteiger partial charge in [-0.15, -0.1) is 0 Å². The maximum atomic E-state index is 12.9. The summed E-state index contributed by atoms with van der Waals surface area (Å²) in [6.07, 6.45) is 4.31. The van der Waals surface area contributed by atoms with Gasteiger partial charge >= 0.3 is 0 Å². The number of nitrogens with one attached hydrogen (secondary N) is 2. The molecule has 2 aromatic heterocycles. The number of pyridine rings is 1. The first-order valence-electron chi connectivity index (χ1n) is 9.22. The third-order valence-corrected chi connectivity index (χ3v) is 5.13. The Morgan fingerprint density at radius 2 is 2.04 bits per heavy atom. The number of aliphatic hydroxyl groups is 1. The van der Waals surface area contributed by atoms with E-state index < -0.39 is 0 Å². The number of aliphatic hydroxyl groups excluding tert-OH is 1. The second-order valence-electron chi connectivity index (χ2n) is 7.03. The molecule has 1 aliphatic carbocycles. The molecule has 4 rings (SSSR count). The van der Waals surface area contributed by atoms with Crippen molar-refractivity contribution in [2.45, 2.75) is 25.0 Å². The first-order chi connectivity index (χ1) is 13.6. The Bertz CT molecular complexity index is 951. The molecule has 1 saturated carbocycles. The number of methoxy groups -OCH3 is 1. The molecule has 28 heavy (non-hydrogen) atoms. The molecule has 0 saturated heterocycles. The number of hydrogen-bond donors (Lipinski definition) is 3. The average Bonchev–Trinajstić information content (AvgIpc) is 3.21. The molecule has 1 aliphatic rings. The van der Waals surface area contributed by atoms with Gasteiger partial charge in [0.2, 0.25) is 0 Å². The molecule has 1 atom stereocenters. The Hall–Kier alpha value is -3.19. The fourth-order valence-electron chi connectivity index (χ4n) is 3.51. The monoisotopic (exact) mass is 378 g/mol. The zero-order valence-corrected chi connectivity index (χ0v) is 15.5. The minimum Gasteiger partial charge on any atom is -0.495 e. The lowest BCUT2D eigenvalue weighted by molar-refractivity contribution is 0.0234. The van der Waals surface area contributed by atoms with E-state index in [9.17, 15) is 9.90 Å². The lowest BCUT2D eigenvalue weighted by Gasteiger charge is -2.38. The van der Waals surface area contributed by atoms with Crippen LogP contribution in [0.25, 0.3) is 11.3 Å². The molecular formula is C21H22N4O3. The van der Waals surface area contributed by atoms with Gasteiger partial charge in [0.1, 0.15) is 11.4 Å². The van der Waals surface area contributed by atoms with Gasteiger partial charge < -0.3 is 15.2 Å². The highest BCUT2D eigenvalue weighted by atomic mass is 16.5. The summed E-state index contributed by atoms with van der Waals surface area (Å²) < 4.78 is 5.26. The Morgan fingerprint density at radius 1 is 1.25 bits per heavy atom. The van der Waals surface area contributed by atoms with Gasteiger partial charge in [0.15, 0.2) is 0 Å². The van der Waals surface area contributed by atoms with E-state index in [0.717, 1.165) is 11.1 Å². The molecule has 0 spiro atoms. The summed E-state index contributed by atoms with van der Waals surface area (Å²) in [7, 11) is 1.58. The first-order valence-corrected chi connectivity index (χ1v) is 9.22. The fraction of sp³-hybridized carbons (Fsp3) is 0.286. The van der Waals surface area contributed by atoms with Crippen molar-refractivity contribution in [2.75, 3.05) is 7.11 Å². The maximum absolute atomic E-state index is 12.9. The van der Waals surface area contributed by atoms with Gasteiger partial charge in [-0.3, -0.25) is 14.9 Å². The zero-order chi connectivity index (χ0) is 19.5. The van der Waals surface area contributed by atoms with Crippen LogP contribution in [0.2, 0.25) is 0 Å². The molecule has 1 amide bonds. The van der Waals surface area contributed by atoms with E-state index in [2.05, 4.69) is 20.5 Å². The number of H-pyrrole nitrogens is 1. The first kappa shape index (κ1) is 18.2. The van der Waals surface area contributed by atoms with Gasteiger partial charge in [0.05, 0.1) is 31.1 Å². The highest BCUT2D eigenvalue weighted by Gasteiger charge is 2.36. The van der Waals surface area contributed by atoms with Crippen molar-refractivity contribution in [3.63, 3.8) is 0 Å². The number of aromatic amines is 1. The van der Waals surface area contributed by atoms with Crippen molar-refractivity contribution in [1.82, 2.24) is 20.5 Å². The molecule has 1 aromatic carbocycles. The predicted octanol–water partition coefficient (Wildman–Crippen LogP) is 2.72. The Balaban J connectivity index is 1.55. The van der Waals surface area contributed by atoms with Gasteiger partial charge in [0, 0.05) is 11.8 Å². The number of carbonyl (C=O) groups excluding carboxylic acids is 1. The van der Waals surface area contributed by atoms with Crippen LogP contribution in [0.4, 0.5) is 0 Å². The lowest BCUT2D eigenvalue weighted by Crippen LogP contribution is -2.41. The van der Waals surface area contributed by atoms with E-state index in [4.69, 9.17) is 4.74 Å². The van der Waals surface area contributed by atoms with Crippen LogP contribution >= 0.6 is 0 Å². The third-order valence-electron chi connectivity index (χ3n) is 5.13. The summed E-state index contributed by atoms with van der Waals surface area (Å²) in [6, 6.07) is 13.0. The zero-order valence-electron chi connectivity index (χ0n) is 15.5. The number of aromatic nitrogens is 3. The predicted molar refractivity (Wildman–Crippen MR) is 104 cm³/mol. The third kappa shape index (κ3) is 3.75. The van der Waals surface area contributed by atoms with Crippen LogP contribution in [0.5, 0.6) is 5.75 Å². The molecule has 0 aliphatic heterocycles. The molecular weight excluding hydrogens is 356 g/mol. The van der Waals surface area contributed by atoms with E-state index in [1.165, 1.54) is 0 Å². The Kier molecular flexibility index (Phi) is 5.08. The van der Waals surface area contributed by atoms with E-state index in [1.54, 1.807) is 25.6 Å². The highest BCUT2D eigenvalue weighted by Crippen LogP contribution is 2.38. The van der Waals surface area contributed by atoms with Crippen LogP contribution < -0.4 is 10.1 Å². The lowest BCUT2D eigenvalue weighted by atomic mass is 9.75. The molecule has 1 fully saturated rings. The van der Waals surface area contributed by atoms with Gasteiger partial charge in [-0.05, 0) is 36.5 Å². The molecule has 144 valence electrons. The Morgan fingerprint density at radius 3 is 2.75 bits per heavy atom. The van der Waals surface area contributed by atoms with Gasteiger partial charge in [-0.25, -0.2) is 0 Å². The molecule has 7 heteroatoms. The standard InChI is InChI=1S/C21H22N4O3/c1-28-17-9-15(11-22-12-17)20(14-7-16(26)8-14)23-21(27)19-10-18(24-25-19)13-5-3-2-4-6-13/h2-6,9-12,14,16,20,26H,7-8H2,1H3,(H,23,27)(H,24,25)/t14?,16?,20-/m0/s1. The van der Waals surface area contributed by atoms with Crippen molar-refractivity contribution in [1.29, 1.82) is 0 Å². The fourth-order valence-corrected chi connectivity index (χ4v) is 3.51. The van der Waals surface area contributed by atoms with Crippen molar-refractivity contribution in [3.8, 4) is 17.0 Å². The number of nitrogens with zero attached hydrogens (tertiary/aromatic N) is 2. The van der Waals surface area contributed by atoms with Gasteiger partial charge in [-0.1, -0.05) is 30.3 Å². The SMILES string of the molecule is COc1cncc([C@@H](NC(=O)c2cc(-c3ccccc3)n[nH]2)C2CC(O)C2)c1. The molecule has 0 bridgehead atoms. The van der Waals surface area contributed by atoms with Crippen LogP contribution in [0, 0.1) is 5.92 Å². The molecule has 3 aromatic rings. The van der Waals surface area contributed by atoms with Crippen LogP contribution in [-0.4, -0.2) is 39.4 Å². The second-order valence-corrected chi connectivity index (χ2v) is 7.03. The summed E-state index contributed by atoms with van der Waals surface area (Å²) in [5.74, 6) is 0.526. The van der Waals surface area contributed by atoms with E-state index >= 15 is 0 Å². The average molecular weight is 378 g/mol. The van der Waals surface area contributed by atoms with E-state index in [1.807, 2.05) is 36.4 Å². The molecule has 2 heterocycles. The van der Waals surface area contributed by atoms with Crippen molar-refractivity contribution in [3.05, 3.63) is 66.1 Å². The summed E-state index contributed by atoms with van der Waals surface area (Å²) >= 11 is 0. The van der Waals surface area contributed by atoms with Gasteiger partial charge in [-0.2, -0.15) is 5.10 Å². The largest absolute Gasteiger partial charge is 0.495 e. The van der Waals surface area contributed by atoms with E-state index in [0.29, 0.717) is 30.0 Å². The molecule has 3 N–H and O–H groups in total. The van der Waals surface area contributed by atoms with Crippen molar-refractivity contribution in [2.24, 2.45) is 5.92 Å². The number of benzene rings is 1. The van der Waals surface area contributed by atoms with E-state index in [-0.39, 0.29) is 24.0 Å². The van der Waals surface area contributed by atoms with Crippen LogP contribution in [0.3, 0.4) is 0 Å². The Labute approximate surface area is 162 Å². The number of ether oxygens (including phenoxy) is 1. The highest BCUT2D eigenvalue weighted by molar-refractivity contribution is 5.93. The topological polar surface area (TPSA) is 100 Å². The summed E-state index contributed by atoms with van der Waals surface area (Å²) in [5, 5.41) is 19.9. The van der Waals surface area contributed by atoms with Crippen molar-refractivity contribution >= 4 is 5.91 Å². The van der Waals surface area contributed by atoms with Crippen LogP contribution in [0.15, 0.2) is 54.9 Å². The number of rotatable bonds is 6. The molecule has 7 nitrogen and oxygen atoms in total. The van der Waals surface area contributed by atoms with Crippen molar-refractivity contribution < 1.29 is 14.6 Å². The number of carbonyl (C=O) groups is 1. The molecule has 0 radical (unpaired) electrons. The maximum Gasteiger partial charge on any atom is 0.269 e. The minimum atomic E-state index is -0.320. The number of amides is 1. The smallest absolute Gasteiger partial charge is 0.269 e. The van der Waals surface area contributed by atoms with Crippen LogP contribution in [-0.2, 0) is 0 Å². The number of hydrogen-bond acceptors (Lipinski definition) is 5. The minimum absolute atomic E-state index is 0.143. The summed E-state index contributed by atoms with van der Waals surface area (Å²) in [6.45, 7) is 0. The quantitative estimate of drug-likeness (QED) is 0.612. The second kappa shape index (κ2) is 7.82. The normalized spacial score (nSPS) is 19.5. The van der Waals surface area contributed by atoms with Crippen LogP contribution in [0.1, 0.15) is 34.9 Å². The summed E-state index contributed by atoms with van der Waals surface area (Å²) in [4.78, 5) is 17.1. The molecule has 0 unspecified atom stereocenters. The van der Waals surface area contributed by atoms with Gasteiger partial charge in [0.25, 0.3) is 5.91 Å².